The quantitative estimate of drug-likeness (QED) is 0.860. The molecule has 1 atom stereocenters. The monoisotopic (exact) mass is 303 g/mol. The van der Waals surface area contributed by atoms with Crippen LogP contribution in [0.25, 0.3) is 11.4 Å². The van der Waals surface area contributed by atoms with Gasteiger partial charge in [-0.25, -0.2) is 4.39 Å². The molecule has 2 aromatic rings. The maximum Gasteiger partial charge on any atom is 0.244 e. The van der Waals surface area contributed by atoms with E-state index in [0.717, 1.165) is 24.6 Å². The molecule has 0 aliphatic carbocycles. The fraction of sp³-hybridized carbons (Fsp3) is 0.529. The zero-order valence-electron chi connectivity index (χ0n) is 13.3. The van der Waals surface area contributed by atoms with Crippen molar-refractivity contribution in [3.63, 3.8) is 0 Å². The van der Waals surface area contributed by atoms with Crippen molar-refractivity contribution in [3.8, 4) is 11.4 Å². The van der Waals surface area contributed by atoms with Gasteiger partial charge in [0, 0.05) is 5.56 Å². The Morgan fingerprint density at radius 3 is 2.73 bits per heavy atom. The second kappa shape index (κ2) is 6.16. The summed E-state index contributed by atoms with van der Waals surface area (Å²) in [5.41, 5.74) is 1.37. The van der Waals surface area contributed by atoms with Gasteiger partial charge in [0.2, 0.25) is 11.7 Å². The van der Waals surface area contributed by atoms with Crippen LogP contribution in [0.2, 0.25) is 0 Å². The van der Waals surface area contributed by atoms with Crippen LogP contribution >= 0.6 is 0 Å². The summed E-state index contributed by atoms with van der Waals surface area (Å²) in [5.74, 6) is 1.73. The first-order chi connectivity index (χ1) is 10.5. The first-order valence-electron chi connectivity index (χ1n) is 7.89. The molecule has 1 fully saturated rings. The molecule has 3 rings (SSSR count). The number of halogens is 1. The Hall–Kier alpha value is -1.75. The number of aromatic nitrogens is 2. The molecule has 0 N–H and O–H groups in total. The zero-order valence-corrected chi connectivity index (χ0v) is 13.3. The van der Waals surface area contributed by atoms with Gasteiger partial charge in [0.15, 0.2) is 0 Å². The molecule has 2 heterocycles. The molecule has 22 heavy (non-hydrogen) atoms. The molecule has 0 saturated carbocycles. The summed E-state index contributed by atoms with van der Waals surface area (Å²) in [7, 11) is 0. The average Bonchev–Trinajstić information content (AvgIpc) is 3.00. The van der Waals surface area contributed by atoms with Gasteiger partial charge < -0.3 is 4.52 Å². The lowest BCUT2D eigenvalue weighted by Crippen LogP contribution is -2.35. The molecule has 4 nitrogen and oxygen atoms in total. The van der Waals surface area contributed by atoms with Crippen molar-refractivity contribution in [1.82, 2.24) is 15.0 Å². The van der Waals surface area contributed by atoms with Crippen molar-refractivity contribution in [1.29, 1.82) is 0 Å². The predicted molar refractivity (Wildman–Crippen MR) is 82.8 cm³/mol. The minimum Gasteiger partial charge on any atom is -0.337 e. The standard InChI is InChI=1S/C17H22FN3O/c1-11-6-8-21(9-7-11)13(3)17-19-16(20-22-17)14-4-5-15(18)12(2)10-14/h4-5,10-11,13H,6-9H2,1-3H3. The summed E-state index contributed by atoms with van der Waals surface area (Å²) < 4.78 is 18.8. The number of benzene rings is 1. The predicted octanol–water partition coefficient (Wildman–Crippen LogP) is 3.98. The first kappa shape index (κ1) is 15.2. The molecule has 0 bridgehead atoms. The minimum absolute atomic E-state index is 0.121. The fourth-order valence-electron chi connectivity index (χ4n) is 2.88. The summed E-state index contributed by atoms with van der Waals surface area (Å²) in [4.78, 5) is 6.89. The van der Waals surface area contributed by atoms with Gasteiger partial charge in [-0.3, -0.25) is 4.90 Å². The summed E-state index contributed by atoms with van der Waals surface area (Å²) >= 11 is 0. The molecule has 1 saturated heterocycles. The second-order valence-corrected chi connectivity index (χ2v) is 6.31. The van der Waals surface area contributed by atoms with E-state index in [1.807, 2.05) is 0 Å². The van der Waals surface area contributed by atoms with Gasteiger partial charge in [0.25, 0.3) is 0 Å². The number of nitrogens with zero attached hydrogens (tertiary/aromatic N) is 3. The van der Waals surface area contributed by atoms with Crippen molar-refractivity contribution in [3.05, 3.63) is 35.5 Å². The highest BCUT2D eigenvalue weighted by Gasteiger charge is 2.25. The molecule has 0 spiro atoms. The third-order valence-electron chi connectivity index (χ3n) is 4.58. The van der Waals surface area contributed by atoms with Crippen LogP contribution in [0.3, 0.4) is 0 Å². The number of hydrogen-bond donors (Lipinski definition) is 0. The Morgan fingerprint density at radius 1 is 1.32 bits per heavy atom. The van der Waals surface area contributed by atoms with Crippen molar-refractivity contribution in [2.24, 2.45) is 5.92 Å². The highest BCUT2D eigenvalue weighted by molar-refractivity contribution is 5.55. The highest BCUT2D eigenvalue weighted by Crippen LogP contribution is 2.27. The Bertz CT molecular complexity index is 647. The number of rotatable bonds is 3. The molecule has 0 amide bonds. The zero-order chi connectivity index (χ0) is 15.7. The smallest absolute Gasteiger partial charge is 0.244 e. The second-order valence-electron chi connectivity index (χ2n) is 6.31. The maximum atomic E-state index is 13.4. The van der Waals surface area contributed by atoms with E-state index in [9.17, 15) is 4.39 Å². The van der Waals surface area contributed by atoms with Crippen LogP contribution in [-0.2, 0) is 0 Å². The maximum absolute atomic E-state index is 13.4. The van der Waals surface area contributed by atoms with E-state index >= 15 is 0 Å². The molecule has 0 radical (unpaired) electrons. The van der Waals surface area contributed by atoms with Crippen LogP contribution in [0.4, 0.5) is 4.39 Å². The van der Waals surface area contributed by atoms with Gasteiger partial charge in [-0.1, -0.05) is 12.1 Å². The lowest BCUT2D eigenvalue weighted by molar-refractivity contribution is 0.124. The summed E-state index contributed by atoms with van der Waals surface area (Å²) in [6.07, 6.45) is 2.42. The largest absolute Gasteiger partial charge is 0.337 e. The van der Waals surface area contributed by atoms with Gasteiger partial charge in [0.1, 0.15) is 5.82 Å². The van der Waals surface area contributed by atoms with Crippen LogP contribution in [0, 0.1) is 18.7 Å². The van der Waals surface area contributed by atoms with Crippen LogP contribution in [0.5, 0.6) is 0 Å². The molecule has 1 aromatic carbocycles. The normalized spacial score (nSPS) is 18.5. The molecule has 1 aromatic heterocycles. The number of hydrogen-bond acceptors (Lipinski definition) is 4. The van der Waals surface area contributed by atoms with Crippen LogP contribution in [0.15, 0.2) is 22.7 Å². The summed E-state index contributed by atoms with van der Waals surface area (Å²) in [6.45, 7) is 8.26. The molecule has 5 heteroatoms. The van der Waals surface area contributed by atoms with E-state index in [1.54, 1.807) is 19.1 Å². The van der Waals surface area contributed by atoms with Crippen molar-refractivity contribution in [2.75, 3.05) is 13.1 Å². The first-order valence-corrected chi connectivity index (χ1v) is 7.89. The van der Waals surface area contributed by atoms with Gasteiger partial charge in [-0.05, 0) is 69.5 Å². The van der Waals surface area contributed by atoms with Gasteiger partial charge in [0.05, 0.1) is 6.04 Å². The van der Waals surface area contributed by atoms with Crippen LogP contribution < -0.4 is 0 Å². The lowest BCUT2D eigenvalue weighted by atomic mass is 9.98. The molecular weight excluding hydrogens is 281 g/mol. The SMILES string of the molecule is Cc1cc(-c2noc(C(C)N3CCC(C)CC3)n2)ccc1F. The molecule has 1 unspecified atom stereocenters. The third-order valence-corrected chi connectivity index (χ3v) is 4.58. The van der Waals surface area contributed by atoms with Crippen molar-refractivity contribution in [2.45, 2.75) is 39.7 Å². The van der Waals surface area contributed by atoms with E-state index in [1.165, 1.54) is 18.9 Å². The van der Waals surface area contributed by atoms with Gasteiger partial charge in [-0.2, -0.15) is 4.98 Å². The van der Waals surface area contributed by atoms with Crippen molar-refractivity contribution >= 4 is 0 Å². The van der Waals surface area contributed by atoms with E-state index in [4.69, 9.17) is 4.52 Å². The van der Waals surface area contributed by atoms with Crippen LogP contribution in [-0.4, -0.2) is 28.1 Å². The molecule has 118 valence electrons. The fourth-order valence-corrected chi connectivity index (χ4v) is 2.88. The van der Waals surface area contributed by atoms with E-state index in [0.29, 0.717) is 17.3 Å². The summed E-state index contributed by atoms with van der Waals surface area (Å²) in [5, 5.41) is 4.05. The molecule has 1 aliphatic heterocycles. The Kier molecular flexibility index (Phi) is 4.25. The average molecular weight is 303 g/mol. The third kappa shape index (κ3) is 3.04. The van der Waals surface area contributed by atoms with Crippen molar-refractivity contribution < 1.29 is 8.91 Å². The van der Waals surface area contributed by atoms with E-state index < -0.39 is 0 Å². The van der Waals surface area contributed by atoms with E-state index in [2.05, 4.69) is 28.9 Å². The van der Waals surface area contributed by atoms with Gasteiger partial charge >= 0.3 is 0 Å². The molecule has 1 aliphatic rings. The Labute approximate surface area is 130 Å². The highest BCUT2D eigenvalue weighted by atomic mass is 19.1. The topological polar surface area (TPSA) is 42.2 Å². The number of likely N-dealkylation sites (tertiary alicyclic amines) is 1. The Morgan fingerprint density at radius 2 is 2.05 bits per heavy atom. The number of aryl methyl sites for hydroxylation is 1. The lowest BCUT2D eigenvalue weighted by Gasteiger charge is -2.33. The molecular formula is C17H22FN3O. The minimum atomic E-state index is -0.219. The van der Waals surface area contributed by atoms with E-state index in [-0.39, 0.29) is 11.9 Å². The summed E-state index contributed by atoms with van der Waals surface area (Å²) in [6, 6.07) is 4.99. The van der Waals surface area contributed by atoms with Crippen LogP contribution in [0.1, 0.15) is 44.2 Å². The number of piperidine rings is 1. The Balaban J connectivity index is 1.76. The van der Waals surface area contributed by atoms with Gasteiger partial charge in [-0.15, -0.1) is 0 Å².